The standard InChI is InChI=1S/C10H13Br3N2O2/c1-8(3-5(8)11)6(16)14-15-7(17)9(2)4-10(9,12)13/h5H,3-4H2,1-2H3,(H,14,16)(H,15,17)/t5-,8+,9+/m1/s1. The Morgan fingerprint density at radius 2 is 1.59 bits per heavy atom. The van der Waals surface area contributed by atoms with Crippen molar-refractivity contribution in [1.82, 2.24) is 10.9 Å². The smallest absolute Gasteiger partial charge is 0.246 e. The summed E-state index contributed by atoms with van der Waals surface area (Å²) in [7, 11) is 0. The maximum atomic E-state index is 11.9. The van der Waals surface area contributed by atoms with Crippen molar-refractivity contribution < 1.29 is 9.59 Å². The molecule has 17 heavy (non-hydrogen) atoms. The van der Waals surface area contributed by atoms with Crippen LogP contribution in [-0.4, -0.2) is 19.9 Å². The van der Waals surface area contributed by atoms with Gasteiger partial charge < -0.3 is 0 Å². The fraction of sp³-hybridized carbons (Fsp3) is 0.800. The van der Waals surface area contributed by atoms with E-state index in [0.717, 1.165) is 6.42 Å². The molecule has 2 aliphatic carbocycles. The molecule has 96 valence electrons. The number of halogens is 3. The van der Waals surface area contributed by atoms with Crippen LogP contribution in [0.5, 0.6) is 0 Å². The Kier molecular flexibility index (Phi) is 3.19. The topological polar surface area (TPSA) is 58.2 Å². The first-order valence-electron chi connectivity index (χ1n) is 5.26. The number of rotatable bonds is 2. The van der Waals surface area contributed by atoms with Gasteiger partial charge >= 0.3 is 0 Å². The summed E-state index contributed by atoms with van der Waals surface area (Å²) >= 11 is 10.2. The van der Waals surface area contributed by atoms with Gasteiger partial charge in [0.2, 0.25) is 11.8 Å². The van der Waals surface area contributed by atoms with Crippen molar-refractivity contribution in [3.8, 4) is 0 Å². The quantitative estimate of drug-likeness (QED) is 0.519. The zero-order valence-electron chi connectivity index (χ0n) is 9.44. The lowest BCUT2D eigenvalue weighted by molar-refractivity contribution is -0.133. The Labute approximate surface area is 125 Å². The zero-order chi connectivity index (χ0) is 13.1. The molecule has 0 heterocycles. The molecule has 4 nitrogen and oxygen atoms in total. The van der Waals surface area contributed by atoms with Crippen molar-refractivity contribution in [2.24, 2.45) is 10.8 Å². The van der Waals surface area contributed by atoms with Gasteiger partial charge in [-0.3, -0.25) is 20.4 Å². The van der Waals surface area contributed by atoms with Crippen molar-refractivity contribution in [3.05, 3.63) is 0 Å². The highest BCUT2D eigenvalue weighted by atomic mass is 79.9. The molecule has 0 spiro atoms. The van der Waals surface area contributed by atoms with E-state index in [2.05, 4.69) is 58.6 Å². The van der Waals surface area contributed by atoms with E-state index in [-0.39, 0.29) is 19.9 Å². The van der Waals surface area contributed by atoms with Crippen molar-refractivity contribution >= 4 is 59.6 Å². The number of carbonyl (C=O) groups is 2. The maximum absolute atomic E-state index is 11.9. The molecule has 0 aromatic rings. The molecule has 2 amide bonds. The third-order valence-electron chi connectivity index (χ3n) is 3.70. The molecule has 0 aromatic carbocycles. The average Bonchev–Trinajstić information content (AvgIpc) is 2.99. The van der Waals surface area contributed by atoms with Crippen LogP contribution in [0.25, 0.3) is 0 Å². The number of nitrogens with one attached hydrogen (secondary N) is 2. The summed E-state index contributed by atoms with van der Waals surface area (Å²) in [6, 6.07) is 0. The Morgan fingerprint density at radius 1 is 1.18 bits per heavy atom. The van der Waals surface area contributed by atoms with Crippen LogP contribution < -0.4 is 10.9 Å². The number of hydrazine groups is 1. The van der Waals surface area contributed by atoms with Gasteiger partial charge in [0.1, 0.15) is 0 Å². The zero-order valence-corrected chi connectivity index (χ0v) is 14.2. The fourth-order valence-corrected chi connectivity index (χ4v) is 3.95. The Bertz CT molecular complexity index is 401. The molecule has 0 bridgehead atoms. The normalized spacial score (nSPS) is 41.6. The second-order valence-electron chi connectivity index (χ2n) is 5.21. The molecule has 2 fully saturated rings. The number of alkyl halides is 3. The van der Waals surface area contributed by atoms with Crippen LogP contribution in [0.2, 0.25) is 0 Å². The molecule has 0 radical (unpaired) electrons. The Morgan fingerprint density at radius 3 is 1.94 bits per heavy atom. The van der Waals surface area contributed by atoms with E-state index < -0.39 is 10.8 Å². The van der Waals surface area contributed by atoms with Crippen molar-refractivity contribution in [2.45, 2.75) is 34.7 Å². The van der Waals surface area contributed by atoms with Crippen molar-refractivity contribution in [2.75, 3.05) is 0 Å². The first-order valence-corrected chi connectivity index (χ1v) is 7.76. The summed E-state index contributed by atoms with van der Waals surface area (Å²) in [6.07, 6.45) is 1.49. The predicted octanol–water partition coefficient (Wildman–Crippen LogP) is 2.20. The fourth-order valence-electron chi connectivity index (χ4n) is 1.59. The van der Waals surface area contributed by atoms with E-state index in [4.69, 9.17) is 0 Å². The molecule has 7 heteroatoms. The summed E-state index contributed by atoms with van der Waals surface area (Å²) < 4.78 is -0.344. The highest BCUT2D eigenvalue weighted by molar-refractivity contribution is 9.25. The van der Waals surface area contributed by atoms with Crippen LogP contribution in [0, 0.1) is 10.8 Å². The van der Waals surface area contributed by atoms with E-state index in [9.17, 15) is 9.59 Å². The van der Waals surface area contributed by atoms with Crippen molar-refractivity contribution in [3.63, 3.8) is 0 Å². The lowest BCUT2D eigenvalue weighted by Crippen LogP contribution is -2.48. The SMILES string of the molecule is C[C@@]1(C(=O)NNC(=O)[C@@]2(C)C[C@H]2Br)CC1(Br)Br. The molecule has 0 aliphatic heterocycles. The molecule has 2 aliphatic rings. The van der Waals surface area contributed by atoms with Gasteiger partial charge in [0.05, 0.1) is 14.1 Å². The van der Waals surface area contributed by atoms with E-state index in [1.54, 1.807) is 0 Å². The molecule has 2 N–H and O–H groups in total. The molecule has 2 rings (SSSR count). The first kappa shape index (κ1) is 13.8. The van der Waals surface area contributed by atoms with Gasteiger partial charge in [-0.15, -0.1) is 0 Å². The van der Waals surface area contributed by atoms with Crippen LogP contribution in [0.15, 0.2) is 0 Å². The molecule has 0 unspecified atom stereocenters. The monoisotopic (exact) mass is 430 g/mol. The van der Waals surface area contributed by atoms with Gasteiger partial charge in [-0.25, -0.2) is 0 Å². The van der Waals surface area contributed by atoms with Gasteiger partial charge in [-0.05, 0) is 26.7 Å². The lowest BCUT2D eigenvalue weighted by Gasteiger charge is -2.15. The number of amides is 2. The van der Waals surface area contributed by atoms with Crippen LogP contribution in [0.1, 0.15) is 26.7 Å². The largest absolute Gasteiger partial charge is 0.273 e. The molecule has 3 atom stereocenters. The average molecular weight is 433 g/mol. The summed E-state index contributed by atoms with van der Waals surface area (Å²) in [5.74, 6) is -0.332. The number of hydrogen-bond acceptors (Lipinski definition) is 2. The molecule has 2 saturated carbocycles. The van der Waals surface area contributed by atoms with Crippen LogP contribution >= 0.6 is 47.8 Å². The first-order chi connectivity index (χ1) is 7.63. The second-order valence-corrected chi connectivity index (χ2v) is 10.1. The third-order valence-corrected chi connectivity index (χ3v) is 7.35. The van der Waals surface area contributed by atoms with E-state index in [0.29, 0.717) is 6.42 Å². The van der Waals surface area contributed by atoms with Gasteiger partial charge in [-0.1, -0.05) is 47.8 Å². The molecule has 0 aromatic heterocycles. The minimum Gasteiger partial charge on any atom is -0.273 e. The Hall–Kier alpha value is 0.380. The van der Waals surface area contributed by atoms with Crippen LogP contribution in [0.4, 0.5) is 0 Å². The van der Waals surface area contributed by atoms with Gasteiger partial charge in [0.25, 0.3) is 0 Å². The summed E-state index contributed by atoms with van der Waals surface area (Å²) in [5.41, 5.74) is 4.07. The van der Waals surface area contributed by atoms with E-state index in [1.807, 2.05) is 13.8 Å². The summed E-state index contributed by atoms with van der Waals surface area (Å²) in [4.78, 5) is 23.9. The minimum atomic E-state index is -0.515. The highest BCUT2D eigenvalue weighted by Crippen LogP contribution is 2.66. The second kappa shape index (κ2) is 3.93. The van der Waals surface area contributed by atoms with Gasteiger partial charge in [-0.2, -0.15) is 0 Å². The number of hydrogen-bond donors (Lipinski definition) is 2. The van der Waals surface area contributed by atoms with E-state index in [1.165, 1.54) is 0 Å². The molecular weight excluding hydrogens is 420 g/mol. The number of carbonyl (C=O) groups excluding carboxylic acids is 2. The molecule has 0 saturated heterocycles. The minimum absolute atomic E-state index is 0.147. The Balaban J connectivity index is 1.84. The lowest BCUT2D eigenvalue weighted by atomic mass is 10.1. The van der Waals surface area contributed by atoms with Gasteiger partial charge in [0, 0.05) is 4.83 Å². The summed E-state index contributed by atoms with van der Waals surface area (Å²) in [5, 5.41) is 0. The van der Waals surface area contributed by atoms with Crippen molar-refractivity contribution in [1.29, 1.82) is 0 Å². The summed E-state index contributed by atoms with van der Waals surface area (Å²) in [6.45, 7) is 3.70. The predicted molar refractivity (Wildman–Crippen MR) is 75.0 cm³/mol. The maximum Gasteiger partial charge on any atom is 0.246 e. The van der Waals surface area contributed by atoms with Crippen LogP contribution in [-0.2, 0) is 9.59 Å². The highest BCUT2D eigenvalue weighted by Gasteiger charge is 2.67. The molecular formula is C10H13Br3N2O2. The van der Waals surface area contributed by atoms with Crippen LogP contribution in [0.3, 0.4) is 0 Å². The van der Waals surface area contributed by atoms with E-state index >= 15 is 0 Å². The third kappa shape index (κ3) is 2.18. The van der Waals surface area contributed by atoms with Gasteiger partial charge in [0.15, 0.2) is 0 Å².